The number of rotatable bonds is 6. The molecule has 0 radical (unpaired) electrons. The van der Waals surface area contributed by atoms with E-state index in [1.807, 2.05) is 0 Å². The van der Waals surface area contributed by atoms with E-state index in [4.69, 9.17) is 0 Å². The van der Waals surface area contributed by atoms with E-state index in [1.165, 1.54) is 18.9 Å². The van der Waals surface area contributed by atoms with Crippen molar-refractivity contribution in [2.75, 3.05) is 39.6 Å². The van der Waals surface area contributed by atoms with Crippen LogP contribution in [0.2, 0.25) is 0 Å². The zero-order chi connectivity index (χ0) is 16.0. The third kappa shape index (κ3) is 4.71. The molecule has 0 aliphatic heterocycles. The maximum Gasteiger partial charge on any atom is 0.358 e. The Balaban J connectivity index is 2.62. The number of nitrogens with one attached hydrogen (secondary N) is 2. The van der Waals surface area contributed by atoms with Crippen molar-refractivity contribution in [1.82, 2.24) is 15.2 Å². The second-order valence-corrected chi connectivity index (χ2v) is 5.30. The number of anilines is 1. The third-order valence-corrected chi connectivity index (χ3v) is 3.52. The second kappa shape index (κ2) is 7.58. The zero-order valence-corrected chi connectivity index (χ0v) is 13.2. The largest absolute Gasteiger partial charge is 0.464 e. The van der Waals surface area contributed by atoms with Gasteiger partial charge in [-0.2, -0.15) is 0 Å². The van der Waals surface area contributed by atoms with E-state index in [9.17, 15) is 14.4 Å². The highest BCUT2D eigenvalue weighted by Crippen LogP contribution is 2.24. The summed E-state index contributed by atoms with van der Waals surface area (Å²) < 4.78 is 4.59. The van der Waals surface area contributed by atoms with Crippen molar-refractivity contribution in [3.8, 4) is 0 Å². The Morgan fingerprint density at radius 3 is 2.48 bits per heavy atom. The normalized spacial score (nSPS) is 9.90. The number of amides is 2. The van der Waals surface area contributed by atoms with Gasteiger partial charge in [0.15, 0.2) is 16.6 Å². The van der Waals surface area contributed by atoms with Crippen LogP contribution in [0.5, 0.6) is 0 Å². The zero-order valence-electron chi connectivity index (χ0n) is 12.3. The van der Waals surface area contributed by atoms with Gasteiger partial charge in [0, 0.05) is 34.1 Å². The maximum atomic E-state index is 11.5. The molecule has 0 aliphatic rings. The first-order chi connectivity index (χ1) is 9.86. The van der Waals surface area contributed by atoms with Gasteiger partial charge in [0.1, 0.15) is 4.88 Å². The maximum absolute atomic E-state index is 11.5. The predicted molar refractivity (Wildman–Crippen MR) is 79.0 cm³/mol. The van der Waals surface area contributed by atoms with Crippen LogP contribution in [-0.4, -0.2) is 62.0 Å². The van der Waals surface area contributed by atoms with E-state index >= 15 is 0 Å². The van der Waals surface area contributed by atoms with E-state index in [-0.39, 0.29) is 22.4 Å². The minimum Gasteiger partial charge on any atom is -0.464 e. The van der Waals surface area contributed by atoms with Gasteiger partial charge in [-0.05, 0) is 0 Å². The van der Waals surface area contributed by atoms with Gasteiger partial charge in [0.2, 0.25) is 0 Å². The number of thiazole rings is 1. The number of hydrogen-bond donors (Lipinski definition) is 2. The van der Waals surface area contributed by atoms with Crippen molar-refractivity contribution in [1.29, 1.82) is 0 Å². The van der Waals surface area contributed by atoms with Crippen LogP contribution in [0.25, 0.3) is 0 Å². The molecule has 0 bridgehead atoms. The fraction of sp³-hybridized carbons (Fsp3) is 0.500. The number of Topliss-reactive ketones (excluding diaryl/α,β-unsaturated/α-hetero) is 1. The Morgan fingerprint density at radius 2 is 1.95 bits per heavy atom. The summed E-state index contributed by atoms with van der Waals surface area (Å²) in [5.74, 6) is -0.896. The van der Waals surface area contributed by atoms with Crippen molar-refractivity contribution >= 4 is 34.3 Å². The van der Waals surface area contributed by atoms with Crippen molar-refractivity contribution in [2.24, 2.45) is 0 Å². The molecule has 0 atom stereocenters. The van der Waals surface area contributed by atoms with Gasteiger partial charge in [-0.15, -0.1) is 0 Å². The molecule has 1 aromatic rings. The molecule has 2 amide bonds. The summed E-state index contributed by atoms with van der Waals surface area (Å²) in [7, 11) is 4.52. The number of urea groups is 1. The number of methoxy groups -OCH3 is 1. The van der Waals surface area contributed by atoms with E-state index in [0.29, 0.717) is 18.2 Å². The van der Waals surface area contributed by atoms with E-state index in [1.54, 1.807) is 14.1 Å². The molecule has 8 nitrogen and oxygen atoms in total. The number of nitrogens with zero attached hydrogens (tertiary/aromatic N) is 2. The summed E-state index contributed by atoms with van der Waals surface area (Å²) in [6.07, 6.45) is 0. The Bertz CT molecular complexity index is 541. The minimum absolute atomic E-state index is 0.00910. The molecular formula is C12H18N4O4S. The lowest BCUT2D eigenvalue weighted by molar-refractivity contribution is 0.0591. The van der Waals surface area contributed by atoms with Crippen molar-refractivity contribution in [3.05, 3.63) is 10.6 Å². The quantitative estimate of drug-likeness (QED) is 0.458. The van der Waals surface area contributed by atoms with Crippen LogP contribution in [0, 0.1) is 0 Å². The second-order valence-electron chi connectivity index (χ2n) is 4.30. The number of ketones is 1. The summed E-state index contributed by atoms with van der Waals surface area (Å²) in [4.78, 5) is 40.0. The van der Waals surface area contributed by atoms with Crippen LogP contribution in [0.15, 0.2) is 0 Å². The van der Waals surface area contributed by atoms with E-state index < -0.39 is 5.97 Å². The Labute approximate surface area is 126 Å². The monoisotopic (exact) mass is 314 g/mol. The van der Waals surface area contributed by atoms with Gasteiger partial charge < -0.3 is 20.3 Å². The third-order valence-electron chi connectivity index (χ3n) is 2.41. The summed E-state index contributed by atoms with van der Waals surface area (Å²) in [5.41, 5.74) is 0.00910. The highest BCUT2D eigenvalue weighted by atomic mass is 32.1. The fourth-order valence-corrected chi connectivity index (χ4v) is 2.24. The lowest BCUT2D eigenvalue weighted by atomic mass is 10.3. The molecule has 0 aliphatic carbocycles. The summed E-state index contributed by atoms with van der Waals surface area (Å²) in [5, 5.41) is 6.05. The van der Waals surface area contributed by atoms with Crippen LogP contribution in [-0.2, 0) is 4.74 Å². The first kappa shape index (κ1) is 16.9. The number of esters is 1. The Hall–Kier alpha value is -2.16. The van der Waals surface area contributed by atoms with Crippen molar-refractivity contribution < 1.29 is 19.1 Å². The molecule has 0 unspecified atom stereocenters. The molecule has 0 saturated heterocycles. The number of aromatic nitrogens is 1. The molecule has 0 saturated carbocycles. The summed E-state index contributed by atoms with van der Waals surface area (Å²) in [6.45, 7) is 2.17. The predicted octanol–water partition coefficient (Wildman–Crippen LogP) is 0.815. The lowest BCUT2D eigenvalue weighted by Gasteiger charge is -2.11. The number of hydrogen-bond acceptors (Lipinski definition) is 7. The van der Waals surface area contributed by atoms with Gasteiger partial charge in [0.25, 0.3) is 0 Å². The fourth-order valence-electron chi connectivity index (χ4n) is 1.37. The molecule has 2 N–H and O–H groups in total. The molecule has 1 rings (SSSR count). The molecule has 0 fully saturated rings. The smallest absolute Gasteiger partial charge is 0.358 e. The Morgan fingerprint density at radius 1 is 1.29 bits per heavy atom. The summed E-state index contributed by atoms with van der Waals surface area (Å²) in [6, 6.07) is -0.199. The van der Waals surface area contributed by atoms with Gasteiger partial charge in [-0.3, -0.25) is 4.79 Å². The van der Waals surface area contributed by atoms with Crippen LogP contribution in [0.1, 0.15) is 27.1 Å². The van der Waals surface area contributed by atoms with Gasteiger partial charge in [-0.25, -0.2) is 14.6 Å². The Kier molecular flexibility index (Phi) is 6.10. The molecule has 116 valence electrons. The van der Waals surface area contributed by atoms with Crippen LogP contribution >= 0.6 is 11.3 Å². The molecule has 1 aromatic heterocycles. The van der Waals surface area contributed by atoms with Crippen LogP contribution in [0.3, 0.4) is 0 Å². The molecule has 21 heavy (non-hydrogen) atoms. The van der Waals surface area contributed by atoms with Crippen molar-refractivity contribution in [3.63, 3.8) is 0 Å². The van der Waals surface area contributed by atoms with Gasteiger partial charge in [0.05, 0.1) is 7.11 Å². The van der Waals surface area contributed by atoms with Gasteiger partial charge in [-0.1, -0.05) is 11.3 Å². The summed E-state index contributed by atoms with van der Waals surface area (Å²) >= 11 is 1.08. The van der Waals surface area contributed by atoms with Crippen molar-refractivity contribution in [2.45, 2.75) is 6.92 Å². The molecule has 1 heterocycles. The lowest BCUT2D eigenvalue weighted by Crippen LogP contribution is -2.37. The van der Waals surface area contributed by atoms with Gasteiger partial charge >= 0.3 is 12.0 Å². The first-order valence-corrected chi connectivity index (χ1v) is 6.97. The number of carbonyl (C=O) groups excluding carboxylic acids is 3. The molecule has 0 aromatic carbocycles. The van der Waals surface area contributed by atoms with E-state index in [2.05, 4.69) is 20.4 Å². The average Bonchev–Trinajstić information content (AvgIpc) is 2.86. The SMILES string of the molecule is COC(=O)c1nc(NCCNC(=O)N(C)C)sc1C(C)=O. The number of ether oxygens (including phenoxy) is 1. The highest BCUT2D eigenvalue weighted by molar-refractivity contribution is 7.17. The highest BCUT2D eigenvalue weighted by Gasteiger charge is 2.21. The van der Waals surface area contributed by atoms with E-state index in [0.717, 1.165) is 11.3 Å². The topological polar surface area (TPSA) is 101 Å². The molecular weight excluding hydrogens is 296 g/mol. The standard InChI is InChI=1S/C12H18N4O4S/c1-7(17)9-8(10(18)20-4)15-11(21-9)13-5-6-14-12(19)16(2)3/h5-6H2,1-4H3,(H,13,15)(H,14,19). The number of carbonyl (C=O) groups is 3. The average molecular weight is 314 g/mol. The molecule has 9 heteroatoms. The van der Waals surface area contributed by atoms with Crippen LogP contribution in [0.4, 0.5) is 9.93 Å². The minimum atomic E-state index is -0.648. The molecule has 0 spiro atoms. The first-order valence-electron chi connectivity index (χ1n) is 6.16. The van der Waals surface area contributed by atoms with Crippen LogP contribution < -0.4 is 10.6 Å².